The van der Waals surface area contributed by atoms with E-state index in [1.807, 2.05) is 0 Å². The fourth-order valence-corrected chi connectivity index (χ4v) is 2.80. The Morgan fingerprint density at radius 2 is 2.24 bits per heavy atom. The molecule has 3 rings (SSSR count). The van der Waals surface area contributed by atoms with Crippen molar-refractivity contribution in [3.63, 3.8) is 0 Å². The van der Waals surface area contributed by atoms with E-state index in [1.54, 1.807) is 6.07 Å². The number of nitrogens with zero attached hydrogens (tertiary/aromatic N) is 1. The molecule has 17 heavy (non-hydrogen) atoms. The maximum atomic E-state index is 13.8. The van der Waals surface area contributed by atoms with Crippen LogP contribution in [0.25, 0.3) is 10.9 Å². The highest BCUT2D eigenvalue weighted by Crippen LogP contribution is 2.35. The van der Waals surface area contributed by atoms with E-state index in [1.165, 1.54) is 6.07 Å². The minimum absolute atomic E-state index is 0.353. The smallest absolute Gasteiger partial charge is 0.134 e. The second-order valence-electron chi connectivity index (χ2n) is 3.91. The second-order valence-corrected chi connectivity index (χ2v) is 5.14. The van der Waals surface area contributed by atoms with E-state index < -0.39 is 0 Å². The van der Waals surface area contributed by atoms with Crippen LogP contribution in [0.4, 0.5) is 4.39 Å². The van der Waals surface area contributed by atoms with Crippen LogP contribution in [-0.2, 0) is 17.8 Å². The number of benzene rings is 1. The van der Waals surface area contributed by atoms with Gasteiger partial charge in [0.25, 0.3) is 0 Å². The van der Waals surface area contributed by atoms with Crippen molar-refractivity contribution in [1.29, 1.82) is 0 Å². The molecule has 0 saturated heterocycles. The van der Waals surface area contributed by atoms with Crippen LogP contribution >= 0.6 is 27.5 Å². The molecule has 2 nitrogen and oxygen atoms in total. The molecule has 0 N–H and O–H groups in total. The summed E-state index contributed by atoms with van der Waals surface area (Å²) in [6, 6.07) is 3.03. The van der Waals surface area contributed by atoms with Gasteiger partial charge >= 0.3 is 0 Å². The first-order valence-electron chi connectivity index (χ1n) is 5.21. The zero-order valence-electron chi connectivity index (χ0n) is 8.77. The fourth-order valence-electron chi connectivity index (χ4n) is 2.04. The molecule has 88 valence electrons. The van der Waals surface area contributed by atoms with Crippen molar-refractivity contribution in [2.45, 2.75) is 13.0 Å². The molecular formula is C12H8BrClFNO. The van der Waals surface area contributed by atoms with Crippen LogP contribution in [0.3, 0.4) is 0 Å². The molecule has 1 aromatic carbocycles. The SMILES string of the molecule is Fc1ccc(Br)c2nc3c(c(Cl)c12)COCC3. The highest BCUT2D eigenvalue weighted by atomic mass is 79.9. The summed E-state index contributed by atoms with van der Waals surface area (Å²) in [5.74, 6) is -0.353. The van der Waals surface area contributed by atoms with Gasteiger partial charge in [-0.3, -0.25) is 4.98 Å². The molecule has 0 saturated carbocycles. The lowest BCUT2D eigenvalue weighted by Gasteiger charge is -2.18. The molecule has 0 unspecified atom stereocenters. The van der Waals surface area contributed by atoms with Gasteiger partial charge in [0.05, 0.1) is 34.8 Å². The summed E-state index contributed by atoms with van der Waals surface area (Å²) in [6.45, 7) is 1.04. The molecule has 2 heterocycles. The van der Waals surface area contributed by atoms with E-state index in [4.69, 9.17) is 16.3 Å². The zero-order valence-corrected chi connectivity index (χ0v) is 11.1. The number of hydrogen-bond donors (Lipinski definition) is 0. The molecule has 0 bridgehead atoms. The van der Waals surface area contributed by atoms with Crippen LogP contribution in [0.5, 0.6) is 0 Å². The lowest BCUT2D eigenvalue weighted by molar-refractivity contribution is 0.109. The summed E-state index contributed by atoms with van der Waals surface area (Å²) < 4.78 is 19.9. The van der Waals surface area contributed by atoms with Crippen molar-refractivity contribution in [2.24, 2.45) is 0 Å². The molecule has 0 fully saturated rings. The molecule has 0 atom stereocenters. The summed E-state index contributed by atoms with van der Waals surface area (Å²) in [6.07, 6.45) is 0.716. The maximum absolute atomic E-state index is 13.8. The van der Waals surface area contributed by atoms with Crippen LogP contribution in [0, 0.1) is 5.82 Å². The summed E-state index contributed by atoms with van der Waals surface area (Å²) in [4.78, 5) is 4.49. The Kier molecular flexibility index (Phi) is 2.81. The van der Waals surface area contributed by atoms with E-state index in [2.05, 4.69) is 20.9 Å². The lowest BCUT2D eigenvalue weighted by Crippen LogP contribution is -2.13. The minimum Gasteiger partial charge on any atom is -0.376 e. The highest BCUT2D eigenvalue weighted by molar-refractivity contribution is 9.10. The molecule has 0 aliphatic carbocycles. The standard InChI is InChI=1S/C12H8BrClFNO/c13-7-1-2-8(15)10-11(14)6-5-17-4-3-9(6)16-12(7)10/h1-2H,3-5H2. The second kappa shape index (κ2) is 4.19. The van der Waals surface area contributed by atoms with Crippen molar-refractivity contribution in [1.82, 2.24) is 4.98 Å². The zero-order chi connectivity index (χ0) is 12.0. The topological polar surface area (TPSA) is 22.1 Å². The van der Waals surface area contributed by atoms with Gasteiger partial charge in [0, 0.05) is 16.5 Å². The molecule has 1 aromatic heterocycles. The Labute approximate surface area is 111 Å². The Balaban J connectivity index is 2.44. The number of fused-ring (bicyclic) bond motifs is 2. The minimum atomic E-state index is -0.353. The number of hydrogen-bond acceptors (Lipinski definition) is 2. The van der Waals surface area contributed by atoms with E-state index in [9.17, 15) is 4.39 Å². The molecule has 0 amide bonds. The van der Waals surface area contributed by atoms with Gasteiger partial charge in [0.2, 0.25) is 0 Å². The lowest BCUT2D eigenvalue weighted by atomic mass is 10.1. The van der Waals surface area contributed by atoms with Gasteiger partial charge in [0.1, 0.15) is 5.82 Å². The quantitative estimate of drug-likeness (QED) is 0.736. The van der Waals surface area contributed by atoms with Gasteiger partial charge < -0.3 is 4.74 Å². The number of ether oxygens (including phenoxy) is 1. The monoisotopic (exact) mass is 315 g/mol. The molecule has 0 spiro atoms. The third-order valence-corrected chi connectivity index (χ3v) is 3.94. The van der Waals surface area contributed by atoms with Gasteiger partial charge in [-0.2, -0.15) is 0 Å². The summed E-state index contributed by atoms with van der Waals surface area (Å²) in [5.41, 5.74) is 2.29. The Hall–Kier alpha value is -0.710. The Morgan fingerprint density at radius 1 is 1.41 bits per heavy atom. The summed E-state index contributed by atoms with van der Waals surface area (Å²) >= 11 is 9.63. The van der Waals surface area contributed by atoms with Crippen LogP contribution in [-0.4, -0.2) is 11.6 Å². The van der Waals surface area contributed by atoms with E-state index >= 15 is 0 Å². The highest BCUT2D eigenvalue weighted by Gasteiger charge is 2.20. The molecule has 0 radical (unpaired) electrons. The third kappa shape index (κ3) is 1.75. The van der Waals surface area contributed by atoms with E-state index in [-0.39, 0.29) is 5.82 Å². The summed E-state index contributed by atoms with van der Waals surface area (Å²) in [5, 5.41) is 0.786. The third-order valence-electron chi connectivity index (χ3n) is 2.89. The molecule has 5 heteroatoms. The van der Waals surface area contributed by atoms with Crippen molar-refractivity contribution in [3.8, 4) is 0 Å². The predicted molar refractivity (Wildman–Crippen MR) is 67.8 cm³/mol. The van der Waals surface area contributed by atoms with Crippen LogP contribution in [0.15, 0.2) is 16.6 Å². The number of aromatic nitrogens is 1. The van der Waals surface area contributed by atoms with Crippen LogP contribution in [0.2, 0.25) is 5.02 Å². The van der Waals surface area contributed by atoms with Crippen molar-refractivity contribution >= 4 is 38.4 Å². The first kappa shape index (κ1) is 11.4. The van der Waals surface area contributed by atoms with Crippen LogP contribution < -0.4 is 0 Å². The first-order valence-corrected chi connectivity index (χ1v) is 6.38. The number of halogens is 3. The normalized spacial score (nSPS) is 15.0. The van der Waals surface area contributed by atoms with Crippen molar-refractivity contribution < 1.29 is 9.13 Å². The Morgan fingerprint density at radius 3 is 3.06 bits per heavy atom. The first-order chi connectivity index (χ1) is 8.18. The largest absolute Gasteiger partial charge is 0.376 e. The molecule has 1 aliphatic heterocycles. The van der Waals surface area contributed by atoms with Gasteiger partial charge in [-0.05, 0) is 28.1 Å². The Bertz CT molecular complexity index is 617. The molecular weight excluding hydrogens is 308 g/mol. The molecule has 1 aliphatic rings. The average molecular weight is 317 g/mol. The number of pyridine rings is 1. The fraction of sp³-hybridized carbons (Fsp3) is 0.250. The van der Waals surface area contributed by atoms with Gasteiger partial charge in [-0.1, -0.05) is 11.6 Å². The average Bonchev–Trinajstić information content (AvgIpc) is 2.34. The van der Waals surface area contributed by atoms with Crippen LogP contribution in [0.1, 0.15) is 11.3 Å². The molecule has 2 aromatic rings. The van der Waals surface area contributed by atoms with Gasteiger partial charge in [-0.25, -0.2) is 4.39 Å². The maximum Gasteiger partial charge on any atom is 0.134 e. The van der Waals surface area contributed by atoms with E-state index in [0.29, 0.717) is 35.6 Å². The number of rotatable bonds is 0. The van der Waals surface area contributed by atoms with Gasteiger partial charge in [-0.15, -0.1) is 0 Å². The van der Waals surface area contributed by atoms with Gasteiger partial charge in [0.15, 0.2) is 0 Å². The van der Waals surface area contributed by atoms with E-state index in [0.717, 1.165) is 15.7 Å². The summed E-state index contributed by atoms with van der Waals surface area (Å²) in [7, 11) is 0. The van der Waals surface area contributed by atoms with Crippen molar-refractivity contribution in [3.05, 3.63) is 38.7 Å². The predicted octanol–water partition coefficient (Wildman–Crippen LogP) is 3.86. The van der Waals surface area contributed by atoms with Crippen molar-refractivity contribution in [2.75, 3.05) is 6.61 Å².